The molecule has 0 spiro atoms. The third-order valence-electron chi connectivity index (χ3n) is 3.19. The van der Waals surface area contributed by atoms with Crippen LogP contribution in [0.25, 0.3) is 0 Å². The van der Waals surface area contributed by atoms with E-state index in [2.05, 4.69) is 12.2 Å². The molecule has 4 heteroatoms. The molecule has 0 amide bonds. The van der Waals surface area contributed by atoms with Crippen molar-refractivity contribution in [2.75, 3.05) is 12.8 Å². The van der Waals surface area contributed by atoms with Crippen LogP contribution in [0.1, 0.15) is 59.8 Å². The van der Waals surface area contributed by atoms with E-state index in [0.29, 0.717) is 11.8 Å². The minimum absolute atomic E-state index is 0.319. The Balaban J connectivity index is 3.93. The molecule has 17 heavy (non-hydrogen) atoms. The van der Waals surface area contributed by atoms with Gasteiger partial charge in [0.2, 0.25) is 0 Å². The quantitative estimate of drug-likeness (QED) is 0.685. The summed E-state index contributed by atoms with van der Waals surface area (Å²) >= 11 is 0. The second-order valence-electron chi connectivity index (χ2n) is 5.70. The van der Waals surface area contributed by atoms with Gasteiger partial charge in [-0.2, -0.15) is 0 Å². The predicted octanol–water partition coefficient (Wildman–Crippen LogP) is 2.76. The molecule has 0 aromatic heterocycles. The number of hydrogen-bond donors (Lipinski definition) is 1. The van der Waals surface area contributed by atoms with E-state index < -0.39 is 14.6 Å². The van der Waals surface area contributed by atoms with E-state index in [-0.39, 0.29) is 0 Å². The highest BCUT2D eigenvalue weighted by Gasteiger charge is 2.27. The van der Waals surface area contributed by atoms with Gasteiger partial charge in [0.15, 0.2) is 9.84 Å². The first-order valence-corrected chi connectivity index (χ1v) is 8.29. The van der Waals surface area contributed by atoms with Crippen molar-refractivity contribution in [3.63, 3.8) is 0 Å². The van der Waals surface area contributed by atoms with E-state index >= 15 is 0 Å². The lowest BCUT2D eigenvalue weighted by atomic mass is 10.1. The molecule has 0 saturated heterocycles. The zero-order chi connectivity index (χ0) is 13.5. The summed E-state index contributed by atoms with van der Waals surface area (Å²) < 4.78 is 23.1. The molecule has 0 aliphatic rings. The molecule has 1 atom stereocenters. The van der Waals surface area contributed by atoms with Crippen molar-refractivity contribution in [1.82, 2.24) is 5.32 Å². The van der Waals surface area contributed by atoms with E-state index in [1.54, 1.807) is 20.8 Å². The van der Waals surface area contributed by atoms with Gasteiger partial charge in [-0.1, -0.05) is 19.8 Å². The summed E-state index contributed by atoms with van der Waals surface area (Å²) in [5.41, 5.74) is 0. The summed E-state index contributed by atoms with van der Waals surface area (Å²) in [5, 5.41) is 3.28. The average Bonchev–Trinajstić information content (AvgIpc) is 2.21. The first kappa shape index (κ1) is 16.9. The zero-order valence-electron chi connectivity index (χ0n) is 12.0. The average molecular weight is 263 g/mol. The summed E-state index contributed by atoms with van der Waals surface area (Å²) in [6, 6.07) is 0.539. The van der Waals surface area contributed by atoms with Crippen LogP contribution in [-0.2, 0) is 9.84 Å². The number of rotatable bonds is 8. The Kier molecular flexibility index (Phi) is 7.33. The maximum atomic E-state index is 11.9. The van der Waals surface area contributed by atoms with Gasteiger partial charge in [-0.25, -0.2) is 8.42 Å². The van der Waals surface area contributed by atoms with E-state index in [1.807, 2.05) is 7.05 Å². The van der Waals surface area contributed by atoms with Gasteiger partial charge in [-0.05, 0) is 47.1 Å². The molecule has 0 rings (SSSR count). The van der Waals surface area contributed by atoms with Crippen LogP contribution in [0.15, 0.2) is 0 Å². The smallest absolute Gasteiger partial charge is 0.155 e. The van der Waals surface area contributed by atoms with Crippen LogP contribution in [0.5, 0.6) is 0 Å². The lowest BCUT2D eigenvalue weighted by molar-refractivity contribution is 0.465. The Hall–Kier alpha value is -0.0900. The molecule has 104 valence electrons. The minimum Gasteiger partial charge on any atom is -0.317 e. The van der Waals surface area contributed by atoms with Crippen LogP contribution in [0.3, 0.4) is 0 Å². The van der Waals surface area contributed by atoms with Crippen molar-refractivity contribution in [2.24, 2.45) is 0 Å². The van der Waals surface area contributed by atoms with Crippen LogP contribution in [0, 0.1) is 0 Å². The Morgan fingerprint density at radius 3 is 2.12 bits per heavy atom. The number of unbranched alkanes of at least 4 members (excludes halogenated alkanes) is 1. The maximum absolute atomic E-state index is 11.9. The third kappa shape index (κ3) is 6.41. The van der Waals surface area contributed by atoms with Crippen molar-refractivity contribution in [3.05, 3.63) is 0 Å². The van der Waals surface area contributed by atoms with Gasteiger partial charge < -0.3 is 5.32 Å². The summed E-state index contributed by atoms with van der Waals surface area (Å²) in [5.74, 6) is 0.319. The van der Waals surface area contributed by atoms with Crippen LogP contribution >= 0.6 is 0 Å². The Morgan fingerprint density at radius 1 is 1.12 bits per heavy atom. The van der Waals surface area contributed by atoms with Gasteiger partial charge in [-0.15, -0.1) is 0 Å². The topological polar surface area (TPSA) is 46.2 Å². The maximum Gasteiger partial charge on any atom is 0.155 e. The molecule has 0 bridgehead atoms. The molecule has 0 aromatic carbocycles. The number of nitrogens with one attached hydrogen (secondary N) is 1. The predicted molar refractivity (Wildman–Crippen MR) is 75.1 cm³/mol. The minimum atomic E-state index is -2.94. The third-order valence-corrected chi connectivity index (χ3v) is 5.89. The van der Waals surface area contributed by atoms with Gasteiger partial charge in [0.05, 0.1) is 10.5 Å². The number of sulfone groups is 1. The van der Waals surface area contributed by atoms with E-state index in [0.717, 1.165) is 19.3 Å². The Labute approximate surface area is 107 Å². The van der Waals surface area contributed by atoms with Gasteiger partial charge in [0.25, 0.3) is 0 Å². The molecular formula is C13H29NO2S. The van der Waals surface area contributed by atoms with E-state index in [4.69, 9.17) is 0 Å². The lowest BCUT2D eigenvalue weighted by Gasteiger charge is -2.19. The molecule has 0 heterocycles. The fourth-order valence-corrected chi connectivity index (χ4v) is 2.97. The van der Waals surface area contributed by atoms with Crippen LogP contribution < -0.4 is 5.32 Å². The number of hydrogen-bond acceptors (Lipinski definition) is 3. The van der Waals surface area contributed by atoms with Crippen LogP contribution in [0.4, 0.5) is 0 Å². The van der Waals surface area contributed by atoms with Crippen molar-refractivity contribution < 1.29 is 8.42 Å². The molecule has 0 radical (unpaired) electrons. The van der Waals surface area contributed by atoms with Crippen molar-refractivity contribution in [1.29, 1.82) is 0 Å². The van der Waals surface area contributed by atoms with Gasteiger partial charge in [-0.3, -0.25) is 0 Å². The summed E-state index contributed by atoms with van der Waals surface area (Å²) in [4.78, 5) is 0. The Morgan fingerprint density at radius 2 is 1.71 bits per heavy atom. The molecule has 0 aliphatic carbocycles. The highest BCUT2D eigenvalue weighted by atomic mass is 32.2. The van der Waals surface area contributed by atoms with Crippen LogP contribution in [-0.4, -0.2) is 32.0 Å². The van der Waals surface area contributed by atoms with Crippen LogP contribution in [0.2, 0.25) is 0 Å². The molecule has 0 fully saturated rings. The van der Waals surface area contributed by atoms with Crippen molar-refractivity contribution >= 4 is 9.84 Å². The van der Waals surface area contributed by atoms with E-state index in [1.165, 1.54) is 12.8 Å². The molecule has 1 N–H and O–H groups in total. The van der Waals surface area contributed by atoms with Crippen molar-refractivity contribution in [3.8, 4) is 0 Å². The largest absolute Gasteiger partial charge is 0.317 e. The molecule has 0 saturated carbocycles. The zero-order valence-corrected chi connectivity index (χ0v) is 12.9. The fraction of sp³-hybridized carbons (Fsp3) is 1.00. The summed E-state index contributed by atoms with van der Waals surface area (Å²) in [6.45, 7) is 7.50. The molecular weight excluding hydrogens is 234 g/mol. The summed E-state index contributed by atoms with van der Waals surface area (Å²) in [7, 11) is -0.957. The van der Waals surface area contributed by atoms with Gasteiger partial charge in [0.1, 0.15) is 0 Å². The Bertz CT molecular complexity index is 291. The van der Waals surface area contributed by atoms with Gasteiger partial charge >= 0.3 is 0 Å². The molecule has 0 aliphatic heterocycles. The monoisotopic (exact) mass is 263 g/mol. The molecule has 1 unspecified atom stereocenters. The van der Waals surface area contributed by atoms with Crippen molar-refractivity contribution in [2.45, 2.75) is 70.6 Å². The van der Waals surface area contributed by atoms with E-state index in [9.17, 15) is 8.42 Å². The first-order valence-electron chi connectivity index (χ1n) is 6.64. The first-order chi connectivity index (χ1) is 7.74. The highest BCUT2D eigenvalue weighted by molar-refractivity contribution is 7.92. The fourth-order valence-electron chi connectivity index (χ4n) is 1.77. The summed E-state index contributed by atoms with van der Waals surface area (Å²) in [6.07, 6.45) is 5.18. The highest BCUT2D eigenvalue weighted by Crippen LogP contribution is 2.18. The van der Waals surface area contributed by atoms with Gasteiger partial charge in [0, 0.05) is 6.04 Å². The second-order valence-corrected chi connectivity index (χ2v) is 8.56. The lowest BCUT2D eigenvalue weighted by Crippen LogP contribution is -2.30. The molecule has 3 nitrogen and oxygen atoms in total. The molecule has 0 aromatic rings. The SMILES string of the molecule is CCCC(CCCCS(=O)(=O)C(C)(C)C)NC. The standard InChI is InChI=1S/C13H29NO2S/c1-6-9-12(14-5)10-7-8-11-17(15,16)13(2,3)4/h12,14H,6-11H2,1-5H3. The second kappa shape index (κ2) is 7.37. The normalized spacial score (nSPS) is 14.9.